The Morgan fingerprint density at radius 2 is 2.15 bits per heavy atom. The number of hydrogen-bond acceptors (Lipinski definition) is 2. The van der Waals surface area contributed by atoms with Crippen molar-refractivity contribution in [2.24, 2.45) is 0 Å². The highest BCUT2D eigenvalue weighted by Gasteiger charge is 2.09. The van der Waals surface area contributed by atoms with Gasteiger partial charge in [0.25, 0.3) is 0 Å². The lowest BCUT2D eigenvalue weighted by Crippen LogP contribution is -2.16. The smallest absolute Gasteiger partial charge is 0.124 e. The van der Waals surface area contributed by atoms with Gasteiger partial charge in [0.2, 0.25) is 0 Å². The third-order valence-electron chi connectivity index (χ3n) is 1.79. The van der Waals surface area contributed by atoms with Crippen LogP contribution in [0.25, 0.3) is 0 Å². The summed E-state index contributed by atoms with van der Waals surface area (Å²) in [7, 11) is 4.10. The predicted octanol–water partition coefficient (Wildman–Crippen LogP) is 2.29. The average molecular weight is 246 g/mol. The van der Waals surface area contributed by atoms with E-state index in [1.165, 1.54) is 0 Å². The van der Waals surface area contributed by atoms with Gasteiger partial charge >= 0.3 is 0 Å². The molecule has 0 aromatic carbocycles. The van der Waals surface area contributed by atoms with E-state index in [0.717, 1.165) is 17.0 Å². The maximum Gasteiger partial charge on any atom is 0.124 e. The highest BCUT2D eigenvalue weighted by molar-refractivity contribution is 9.10. The van der Waals surface area contributed by atoms with E-state index in [2.05, 4.69) is 44.2 Å². The first kappa shape index (κ1) is 10.7. The van der Waals surface area contributed by atoms with Crippen molar-refractivity contribution in [2.75, 3.05) is 14.1 Å². The maximum absolute atomic E-state index is 4.41. The van der Waals surface area contributed by atoms with Crippen LogP contribution >= 0.6 is 15.9 Å². The van der Waals surface area contributed by atoms with E-state index in [9.17, 15) is 0 Å². The van der Waals surface area contributed by atoms with Crippen molar-refractivity contribution < 1.29 is 0 Å². The maximum atomic E-state index is 4.41. The molecule has 1 heterocycles. The Kier molecular flexibility index (Phi) is 3.50. The van der Waals surface area contributed by atoms with Crippen molar-refractivity contribution >= 4 is 15.9 Å². The Labute approximate surface area is 87.9 Å². The molecule has 4 heteroatoms. The first-order valence-corrected chi connectivity index (χ1v) is 5.18. The fourth-order valence-corrected chi connectivity index (χ4v) is 1.67. The van der Waals surface area contributed by atoms with Gasteiger partial charge in [0.1, 0.15) is 10.4 Å². The fraction of sp³-hybridized carbons (Fsp3) is 0.667. The van der Waals surface area contributed by atoms with Gasteiger partial charge in [-0.1, -0.05) is 0 Å². The second kappa shape index (κ2) is 4.24. The van der Waals surface area contributed by atoms with Crippen LogP contribution in [0, 0.1) is 0 Å². The molecule has 0 N–H and O–H groups in total. The Morgan fingerprint density at radius 3 is 2.62 bits per heavy atom. The quantitative estimate of drug-likeness (QED) is 0.815. The molecule has 0 radical (unpaired) electrons. The molecular weight excluding hydrogens is 230 g/mol. The van der Waals surface area contributed by atoms with Crippen LogP contribution in [-0.4, -0.2) is 28.5 Å². The summed E-state index contributed by atoms with van der Waals surface area (Å²) in [5, 5.41) is 0. The van der Waals surface area contributed by atoms with Gasteiger partial charge in [0.05, 0.1) is 6.54 Å². The van der Waals surface area contributed by atoms with Crippen LogP contribution in [0.5, 0.6) is 0 Å². The fourth-order valence-electron chi connectivity index (χ4n) is 1.25. The van der Waals surface area contributed by atoms with Gasteiger partial charge in [-0.25, -0.2) is 4.98 Å². The molecule has 0 spiro atoms. The van der Waals surface area contributed by atoms with Crippen molar-refractivity contribution in [1.29, 1.82) is 0 Å². The molecule has 0 aliphatic heterocycles. The first-order chi connectivity index (χ1) is 6.00. The van der Waals surface area contributed by atoms with Gasteiger partial charge < -0.3 is 9.47 Å². The van der Waals surface area contributed by atoms with E-state index < -0.39 is 0 Å². The van der Waals surface area contributed by atoms with E-state index in [1.807, 2.05) is 20.3 Å². The van der Waals surface area contributed by atoms with E-state index in [4.69, 9.17) is 0 Å². The molecule has 1 rings (SSSR count). The summed E-state index contributed by atoms with van der Waals surface area (Å²) < 4.78 is 3.10. The predicted molar refractivity (Wildman–Crippen MR) is 57.7 cm³/mol. The third kappa shape index (κ3) is 2.81. The van der Waals surface area contributed by atoms with Crippen molar-refractivity contribution in [3.8, 4) is 0 Å². The van der Waals surface area contributed by atoms with Crippen molar-refractivity contribution in [3.63, 3.8) is 0 Å². The first-order valence-electron chi connectivity index (χ1n) is 4.38. The molecular formula is C9H16BrN3. The zero-order chi connectivity index (χ0) is 10.0. The average Bonchev–Trinajstić information content (AvgIpc) is 2.29. The van der Waals surface area contributed by atoms with Gasteiger partial charge in [-0.15, -0.1) is 0 Å². The molecule has 0 saturated heterocycles. The van der Waals surface area contributed by atoms with Crippen LogP contribution in [0.4, 0.5) is 0 Å². The molecule has 0 bridgehead atoms. The second-order valence-electron chi connectivity index (χ2n) is 3.72. The Morgan fingerprint density at radius 1 is 1.54 bits per heavy atom. The highest BCUT2D eigenvalue weighted by atomic mass is 79.9. The molecule has 0 atom stereocenters. The number of halogens is 1. The summed E-state index contributed by atoms with van der Waals surface area (Å²) in [5.74, 6) is 1.10. The summed E-state index contributed by atoms with van der Waals surface area (Å²) in [6.45, 7) is 5.20. The van der Waals surface area contributed by atoms with Crippen molar-refractivity contribution in [2.45, 2.75) is 26.4 Å². The Hall–Kier alpha value is -0.350. The Bertz CT molecular complexity index is 278. The summed E-state index contributed by atoms with van der Waals surface area (Å²) in [6, 6.07) is 0.466. The third-order valence-corrected chi connectivity index (χ3v) is 2.18. The lowest BCUT2D eigenvalue weighted by Gasteiger charge is -2.14. The molecule has 0 amide bonds. The van der Waals surface area contributed by atoms with Crippen LogP contribution in [-0.2, 0) is 6.54 Å². The van der Waals surface area contributed by atoms with Gasteiger partial charge in [-0.2, -0.15) is 0 Å². The second-order valence-corrected chi connectivity index (χ2v) is 4.53. The van der Waals surface area contributed by atoms with Crippen molar-refractivity contribution in [1.82, 2.24) is 14.5 Å². The number of imidazole rings is 1. The van der Waals surface area contributed by atoms with Crippen LogP contribution in [0.3, 0.4) is 0 Å². The molecule has 1 aromatic heterocycles. The number of nitrogens with zero attached hydrogens (tertiary/aromatic N) is 3. The molecule has 0 aliphatic carbocycles. The van der Waals surface area contributed by atoms with Crippen LogP contribution in [0.1, 0.15) is 25.7 Å². The Balaban J connectivity index is 2.91. The minimum Gasteiger partial charge on any atom is -0.330 e. The van der Waals surface area contributed by atoms with Crippen molar-refractivity contribution in [3.05, 3.63) is 16.6 Å². The summed E-state index contributed by atoms with van der Waals surface area (Å²) in [5.41, 5.74) is 0. The standard InChI is InChI=1S/C9H16BrN3/c1-7(2)13-5-8(10)11-9(13)6-12(3)4/h5,7H,6H2,1-4H3. The number of aromatic nitrogens is 2. The molecule has 0 aliphatic rings. The van der Waals surface area contributed by atoms with Gasteiger partial charge in [-0.05, 0) is 43.9 Å². The SMILES string of the molecule is CC(C)n1cc(Br)nc1CN(C)C. The molecule has 0 saturated carbocycles. The van der Waals surface area contributed by atoms with Gasteiger partial charge in [0.15, 0.2) is 0 Å². The molecule has 0 fully saturated rings. The normalized spacial score (nSPS) is 11.6. The van der Waals surface area contributed by atoms with E-state index in [-0.39, 0.29) is 0 Å². The zero-order valence-electron chi connectivity index (χ0n) is 8.58. The summed E-state index contributed by atoms with van der Waals surface area (Å²) in [4.78, 5) is 6.53. The minimum absolute atomic E-state index is 0.466. The van der Waals surface area contributed by atoms with Gasteiger partial charge in [-0.3, -0.25) is 0 Å². The molecule has 0 unspecified atom stereocenters. The monoisotopic (exact) mass is 245 g/mol. The topological polar surface area (TPSA) is 21.1 Å². The van der Waals surface area contributed by atoms with Crippen LogP contribution in [0.15, 0.2) is 10.8 Å². The van der Waals surface area contributed by atoms with Crippen LogP contribution < -0.4 is 0 Å². The highest BCUT2D eigenvalue weighted by Crippen LogP contribution is 2.15. The van der Waals surface area contributed by atoms with Crippen LogP contribution in [0.2, 0.25) is 0 Å². The zero-order valence-corrected chi connectivity index (χ0v) is 10.2. The molecule has 74 valence electrons. The van der Waals surface area contributed by atoms with E-state index in [0.29, 0.717) is 6.04 Å². The van der Waals surface area contributed by atoms with E-state index >= 15 is 0 Å². The minimum atomic E-state index is 0.466. The summed E-state index contributed by atoms with van der Waals surface area (Å²) >= 11 is 3.39. The van der Waals surface area contributed by atoms with E-state index in [1.54, 1.807) is 0 Å². The lowest BCUT2D eigenvalue weighted by molar-refractivity contribution is 0.375. The molecule has 1 aromatic rings. The lowest BCUT2D eigenvalue weighted by atomic mass is 10.4. The largest absolute Gasteiger partial charge is 0.330 e. The number of hydrogen-bond donors (Lipinski definition) is 0. The summed E-state index contributed by atoms with van der Waals surface area (Å²) in [6.07, 6.45) is 2.03. The molecule has 13 heavy (non-hydrogen) atoms. The van der Waals surface area contributed by atoms with Gasteiger partial charge in [0, 0.05) is 12.2 Å². The number of rotatable bonds is 3. The molecule has 3 nitrogen and oxygen atoms in total.